The summed E-state index contributed by atoms with van der Waals surface area (Å²) in [6, 6.07) is 0. The molecule has 1 N–H and O–H groups in total. The summed E-state index contributed by atoms with van der Waals surface area (Å²) in [6.45, 7) is 7.31. The maximum Gasteiger partial charge on any atom is 0.0722 e. The molecule has 2 fully saturated rings. The first-order valence-electron chi connectivity index (χ1n) is 5.83. The van der Waals surface area contributed by atoms with E-state index in [-0.39, 0.29) is 18.2 Å². The van der Waals surface area contributed by atoms with Crippen LogP contribution in [0.5, 0.6) is 0 Å². The quantitative estimate of drug-likeness (QED) is 0.546. The monoisotopic (exact) mass is 227 g/mol. The standard InChI is InChI=1S/C12H21NO3/c1-10-5-12(9-14)6-11(8-13(12)7-10)16-4-3-15-2/h11,14H,1,3-9H2,2H3/t11-,12+/m0/s1. The minimum Gasteiger partial charge on any atom is -0.394 e. The van der Waals surface area contributed by atoms with Crippen LogP contribution in [-0.2, 0) is 9.47 Å². The number of ether oxygens (including phenoxy) is 2. The molecule has 2 rings (SSSR count). The summed E-state index contributed by atoms with van der Waals surface area (Å²) in [6.07, 6.45) is 2.05. The largest absolute Gasteiger partial charge is 0.394 e. The minimum absolute atomic E-state index is 0.0885. The molecule has 0 aromatic heterocycles. The van der Waals surface area contributed by atoms with Crippen LogP contribution in [0, 0.1) is 0 Å². The van der Waals surface area contributed by atoms with Gasteiger partial charge in [-0.05, 0) is 12.8 Å². The molecule has 4 heteroatoms. The number of hydrogen-bond acceptors (Lipinski definition) is 4. The topological polar surface area (TPSA) is 41.9 Å². The molecule has 0 spiro atoms. The summed E-state index contributed by atoms with van der Waals surface area (Å²) in [7, 11) is 1.68. The van der Waals surface area contributed by atoms with Gasteiger partial charge in [-0.25, -0.2) is 0 Å². The number of nitrogens with zero attached hydrogens (tertiary/aromatic N) is 1. The van der Waals surface area contributed by atoms with Crippen molar-refractivity contribution in [2.75, 3.05) is 40.0 Å². The van der Waals surface area contributed by atoms with Crippen molar-refractivity contribution in [1.29, 1.82) is 0 Å². The molecule has 0 aromatic carbocycles. The molecule has 0 saturated carbocycles. The van der Waals surface area contributed by atoms with Gasteiger partial charge >= 0.3 is 0 Å². The van der Waals surface area contributed by atoms with E-state index >= 15 is 0 Å². The Morgan fingerprint density at radius 2 is 2.38 bits per heavy atom. The van der Waals surface area contributed by atoms with Gasteiger partial charge in [0.15, 0.2) is 0 Å². The number of fused-ring (bicyclic) bond motifs is 1. The predicted molar refractivity (Wildman–Crippen MR) is 61.4 cm³/mol. The lowest BCUT2D eigenvalue weighted by molar-refractivity contribution is 0.0207. The van der Waals surface area contributed by atoms with Crippen molar-refractivity contribution in [3.8, 4) is 0 Å². The molecule has 2 atom stereocenters. The lowest BCUT2D eigenvalue weighted by Gasteiger charge is -2.28. The van der Waals surface area contributed by atoms with E-state index in [1.165, 1.54) is 5.57 Å². The van der Waals surface area contributed by atoms with Crippen molar-refractivity contribution in [3.05, 3.63) is 12.2 Å². The van der Waals surface area contributed by atoms with Gasteiger partial charge in [-0.3, -0.25) is 4.90 Å². The molecule has 2 heterocycles. The molecular formula is C12H21NO3. The van der Waals surface area contributed by atoms with Crippen molar-refractivity contribution >= 4 is 0 Å². The summed E-state index contributed by atoms with van der Waals surface area (Å²) >= 11 is 0. The second-order valence-electron chi connectivity index (χ2n) is 4.88. The molecule has 0 aromatic rings. The average Bonchev–Trinajstić information content (AvgIpc) is 2.71. The van der Waals surface area contributed by atoms with E-state index in [1.807, 2.05) is 0 Å². The summed E-state index contributed by atoms with van der Waals surface area (Å²) in [5.41, 5.74) is 1.14. The van der Waals surface area contributed by atoms with Gasteiger partial charge in [0.2, 0.25) is 0 Å². The zero-order chi connectivity index (χ0) is 11.6. The van der Waals surface area contributed by atoms with Gasteiger partial charge in [-0.15, -0.1) is 0 Å². The van der Waals surface area contributed by atoms with Crippen LogP contribution in [-0.4, -0.2) is 61.7 Å². The number of aliphatic hydroxyl groups is 1. The number of methoxy groups -OCH3 is 1. The van der Waals surface area contributed by atoms with Gasteiger partial charge in [0.1, 0.15) is 0 Å². The van der Waals surface area contributed by atoms with Gasteiger partial charge in [0, 0.05) is 20.2 Å². The van der Waals surface area contributed by atoms with Crippen LogP contribution in [0.4, 0.5) is 0 Å². The van der Waals surface area contributed by atoms with Crippen molar-refractivity contribution in [2.24, 2.45) is 0 Å². The Morgan fingerprint density at radius 1 is 1.56 bits per heavy atom. The van der Waals surface area contributed by atoms with Gasteiger partial charge in [0.25, 0.3) is 0 Å². The molecule has 0 amide bonds. The zero-order valence-corrected chi connectivity index (χ0v) is 9.95. The fourth-order valence-corrected chi connectivity index (χ4v) is 2.89. The van der Waals surface area contributed by atoms with Crippen molar-refractivity contribution in [3.63, 3.8) is 0 Å². The van der Waals surface area contributed by atoms with Crippen LogP contribution in [0.2, 0.25) is 0 Å². The average molecular weight is 227 g/mol. The first-order chi connectivity index (χ1) is 7.70. The molecule has 16 heavy (non-hydrogen) atoms. The van der Waals surface area contributed by atoms with Crippen LogP contribution in [0.25, 0.3) is 0 Å². The second kappa shape index (κ2) is 4.84. The number of hydrogen-bond donors (Lipinski definition) is 1. The van der Waals surface area contributed by atoms with Crippen molar-refractivity contribution < 1.29 is 14.6 Å². The van der Waals surface area contributed by atoms with Gasteiger partial charge in [-0.2, -0.15) is 0 Å². The summed E-state index contributed by atoms with van der Waals surface area (Å²) in [5, 5.41) is 9.57. The van der Waals surface area contributed by atoms with Crippen LogP contribution >= 0.6 is 0 Å². The molecule has 0 aliphatic carbocycles. The van der Waals surface area contributed by atoms with Crippen LogP contribution < -0.4 is 0 Å². The summed E-state index contributed by atoms with van der Waals surface area (Å²) < 4.78 is 10.7. The molecular weight excluding hydrogens is 206 g/mol. The molecule has 2 aliphatic rings. The highest BCUT2D eigenvalue weighted by molar-refractivity contribution is 5.19. The Kier molecular flexibility index (Phi) is 3.64. The fraction of sp³-hybridized carbons (Fsp3) is 0.833. The Bertz CT molecular complexity index is 269. The third-order valence-corrected chi connectivity index (χ3v) is 3.63. The second-order valence-corrected chi connectivity index (χ2v) is 4.88. The third kappa shape index (κ3) is 2.15. The first kappa shape index (κ1) is 12.0. The highest BCUT2D eigenvalue weighted by Gasteiger charge is 2.49. The Hall–Kier alpha value is -0.420. The van der Waals surface area contributed by atoms with E-state index < -0.39 is 0 Å². The number of rotatable bonds is 5. The SMILES string of the molecule is C=C1CN2C[C@@H](OCCOC)C[C@@]2(CO)C1. The normalized spacial score (nSPS) is 34.6. The molecule has 92 valence electrons. The van der Waals surface area contributed by atoms with Crippen molar-refractivity contribution in [1.82, 2.24) is 4.90 Å². The molecule has 2 saturated heterocycles. The predicted octanol–water partition coefficient (Wildman–Crippen LogP) is 0.415. The maximum absolute atomic E-state index is 9.57. The highest BCUT2D eigenvalue weighted by Crippen LogP contribution is 2.41. The van der Waals surface area contributed by atoms with Gasteiger partial charge in [0.05, 0.1) is 31.5 Å². The number of aliphatic hydroxyl groups excluding tert-OH is 1. The molecule has 2 aliphatic heterocycles. The maximum atomic E-state index is 9.57. The lowest BCUT2D eigenvalue weighted by Crippen LogP contribution is -2.41. The van der Waals surface area contributed by atoms with Crippen LogP contribution in [0.3, 0.4) is 0 Å². The first-order valence-corrected chi connectivity index (χ1v) is 5.83. The van der Waals surface area contributed by atoms with E-state index in [0.29, 0.717) is 13.2 Å². The van der Waals surface area contributed by atoms with Crippen LogP contribution in [0.1, 0.15) is 12.8 Å². The highest BCUT2D eigenvalue weighted by atomic mass is 16.5. The van der Waals surface area contributed by atoms with E-state index in [4.69, 9.17) is 9.47 Å². The lowest BCUT2D eigenvalue weighted by atomic mass is 9.93. The summed E-state index contributed by atoms with van der Waals surface area (Å²) in [5.74, 6) is 0. The summed E-state index contributed by atoms with van der Waals surface area (Å²) in [4.78, 5) is 2.31. The smallest absolute Gasteiger partial charge is 0.0722 e. The molecule has 4 nitrogen and oxygen atoms in total. The molecule has 0 unspecified atom stereocenters. The van der Waals surface area contributed by atoms with E-state index in [1.54, 1.807) is 7.11 Å². The minimum atomic E-state index is -0.0885. The zero-order valence-electron chi connectivity index (χ0n) is 9.95. The Morgan fingerprint density at radius 3 is 3.00 bits per heavy atom. The Labute approximate surface area is 96.8 Å². The molecule has 0 bridgehead atoms. The van der Waals surface area contributed by atoms with Crippen molar-refractivity contribution in [2.45, 2.75) is 24.5 Å². The van der Waals surface area contributed by atoms with Crippen LogP contribution in [0.15, 0.2) is 12.2 Å². The van der Waals surface area contributed by atoms with E-state index in [2.05, 4.69) is 11.5 Å². The van der Waals surface area contributed by atoms with Gasteiger partial charge < -0.3 is 14.6 Å². The third-order valence-electron chi connectivity index (χ3n) is 3.63. The molecule has 0 radical (unpaired) electrons. The van der Waals surface area contributed by atoms with E-state index in [9.17, 15) is 5.11 Å². The Balaban J connectivity index is 1.89. The van der Waals surface area contributed by atoms with E-state index in [0.717, 1.165) is 25.9 Å². The fourth-order valence-electron chi connectivity index (χ4n) is 2.89. The van der Waals surface area contributed by atoms with Gasteiger partial charge in [-0.1, -0.05) is 12.2 Å².